The Morgan fingerprint density at radius 3 is 2.18 bits per heavy atom. The maximum Gasteiger partial charge on any atom is 0.0942 e. The molecular weight excluding hydrogens is 210 g/mol. The summed E-state index contributed by atoms with van der Waals surface area (Å²) in [5.41, 5.74) is 2.22. The van der Waals surface area contributed by atoms with Crippen LogP contribution in [0.3, 0.4) is 0 Å². The van der Waals surface area contributed by atoms with Gasteiger partial charge in [0.15, 0.2) is 0 Å². The summed E-state index contributed by atoms with van der Waals surface area (Å²) < 4.78 is 0. The number of hydrogen-bond donors (Lipinski definition) is 2. The third-order valence-corrected chi connectivity index (χ3v) is 3.35. The first-order valence-corrected chi connectivity index (χ1v) is 6.59. The van der Waals surface area contributed by atoms with Gasteiger partial charge < -0.3 is 10.4 Å². The van der Waals surface area contributed by atoms with Crippen LogP contribution in [0.15, 0.2) is 24.3 Å². The highest BCUT2D eigenvalue weighted by molar-refractivity contribution is 5.24. The van der Waals surface area contributed by atoms with E-state index in [0.717, 1.165) is 18.4 Å². The minimum absolute atomic E-state index is 0.132. The molecule has 0 aliphatic heterocycles. The summed E-state index contributed by atoms with van der Waals surface area (Å²) in [4.78, 5) is 0. The first-order valence-electron chi connectivity index (χ1n) is 6.59. The van der Waals surface area contributed by atoms with Gasteiger partial charge >= 0.3 is 0 Å². The monoisotopic (exact) mass is 235 g/mol. The lowest BCUT2D eigenvalue weighted by Gasteiger charge is -2.26. The van der Waals surface area contributed by atoms with Crippen LogP contribution >= 0.6 is 0 Å². The van der Waals surface area contributed by atoms with Crippen molar-refractivity contribution in [2.75, 3.05) is 0 Å². The highest BCUT2D eigenvalue weighted by Gasteiger charge is 2.20. The van der Waals surface area contributed by atoms with E-state index in [4.69, 9.17) is 0 Å². The maximum atomic E-state index is 10.4. The summed E-state index contributed by atoms with van der Waals surface area (Å²) in [6.45, 7) is 8.48. The fraction of sp³-hybridized carbons (Fsp3) is 0.600. The zero-order valence-corrected chi connectivity index (χ0v) is 11.4. The van der Waals surface area contributed by atoms with Crippen LogP contribution in [0.2, 0.25) is 0 Å². The topological polar surface area (TPSA) is 32.3 Å². The van der Waals surface area contributed by atoms with E-state index in [9.17, 15) is 5.11 Å². The van der Waals surface area contributed by atoms with Crippen LogP contribution in [-0.4, -0.2) is 17.2 Å². The highest BCUT2D eigenvalue weighted by Crippen LogP contribution is 2.20. The molecule has 0 radical (unpaired) electrons. The van der Waals surface area contributed by atoms with Gasteiger partial charge in [-0.3, -0.25) is 0 Å². The molecular formula is C15H25NO. The zero-order chi connectivity index (χ0) is 12.8. The molecule has 1 aromatic rings. The molecule has 0 aliphatic carbocycles. The molecule has 0 saturated carbocycles. The molecule has 0 bridgehead atoms. The van der Waals surface area contributed by atoms with Crippen molar-refractivity contribution >= 4 is 0 Å². The van der Waals surface area contributed by atoms with Crippen molar-refractivity contribution in [3.63, 3.8) is 0 Å². The summed E-state index contributed by atoms with van der Waals surface area (Å²) in [6.07, 6.45) is 1.59. The fourth-order valence-corrected chi connectivity index (χ4v) is 1.91. The lowest BCUT2D eigenvalue weighted by atomic mass is 9.98. The van der Waals surface area contributed by atoms with Crippen molar-refractivity contribution in [3.8, 4) is 0 Å². The van der Waals surface area contributed by atoms with Gasteiger partial charge in [-0.25, -0.2) is 0 Å². The van der Waals surface area contributed by atoms with Crippen molar-refractivity contribution in [1.82, 2.24) is 5.32 Å². The van der Waals surface area contributed by atoms with E-state index >= 15 is 0 Å². The molecule has 0 amide bonds. The smallest absolute Gasteiger partial charge is 0.0942 e. The Morgan fingerprint density at radius 1 is 1.12 bits per heavy atom. The molecule has 96 valence electrons. The number of aliphatic hydroxyl groups is 1. The average Bonchev–Trinajstić information content (AvgIpc) is 2.35. The van der Waals surface area contributed by atoms with E-state index < -0.39 is 6.10 Å². The Bertz CT molecular complexity index is 320. The number of aliphatic hydroxyl groups excluding tert-OH is 1. The van der Waals surface area contributed by atoms with E-state index in [1.807, 2.05) is 12.1 Å². The van der Waals surface area contributed by atoms with Crippen molar-refractivity contribution in [2.45, 2.75) is 58.7 Å². The van der Waals surface area contributed by atoms with E-state index in [1.165, 1.54) is 5.56 Å². The van der Waals surface area contributed by atoms with Gasteiger partial charge in [-0.15, -0.1) is 0 Å². The summed E-state index contributed by atoms with van der Waals surface area (Å²) in [5.74, 6) is 0. The van der Waals surface area contributed by atoms with Crippen LogP contribution in [0.5, 0.6) is 0 Å². The van der Waals surface area contributed by atoms with Crippen LogP contribution in [0.4, 0.5) is 0 Å². The maximum absolute atomic E-state index is 10.4. The lowest BCUT2D eigenvalue weighted by molar-refractivity contribution is 0.120. The molecule has 2 N–H and O–H groups in total. The number of benzene rings is 1. The van der Waals surface area contributed by atoms with Crippen molar-refractivity contribution in [3.05, 3.63) is 35.4 Å². The second-order valence-electron chi connectivity index (χ2n) is 4.85. The molecule has 2 nitrogen and oxygen atoms in total. The van der Waals surface area contributed by atoms with Gasteiger partial charge in [0.25, 0.3) is 0 Å². The molecule has 0 heterocycles. The zero-order valence-electron chi connectivity index (χ0n) is 11.4. The van der Waals surface area contributed by atoms with E-state index in [1.54, 1.807) is 0 Å². The van der Waals surface area contributed by atoms with Gasteiger partial charge in [0.2, 0.25) is 0 Å². The molecule has 0 aromatic heterocycles. The van der Waals surface area contributed by atoms with Crippen LogP contribution in [-0.2, 0) is 0 Å². The predicted octanol–water partition coefficient (Wildman–Crippen LogP) is 3.20. The minimum atomic E-state index is -0.422. The van der Waals surface area contributed by atoms with Crippen molar-refractivity contribution < 1.29 is 5.11 Å². The first-order chi connectivity index (χ1) is 8.08. The first kappa shape index (κ1) is 14.2. The minimum Gasteiger partial charge on any atom is -0.387 e. The van der Waals surface area contributed by atoms with Crippen LogP contribution in [0.1, 0.15) is 50.8 Å². The quantitative estimate of drug-likeness (QED) is 0.793. The third kappa shape index (κ3) is 4.14. The summed E-state index contributed by atoms with van der Waals surface area (Å²) in [5, 5.41) is 13.8. The van der Waals surface area contributed by atoms with Gasteiger partial charge in [-0.1, -0.05) is 43.7 Å². The Kier molecular flexibility index (Phi) is 5.66. The molecule has 3 atom stereocenters. The molecule has 0 spiro atoms. The summed E-state index contributed by atoms with van der Waals surface area (Å²) in [6, 6.07) is 8.71. The molecule has 17 heavy (non-hydrogen) atoms. The Labute approximate surface area is 105 Å². The molecule has 1 aromatic carbocycles. The van der Waals surface area contributed by atoms with Crippen molar-refractivity contribution in [1.29, 1.82) is 0 Å². The molecule has 2 heteroatoms. The van der Waals surface area contributed by atoms with E-state index in [-0.39, 0.29) is 6.04 Å². The second kappa shape index (κ2) is 6.77. The summed E-state index contributed by atoms with van der Waals surface area (Å²) in [7, 11) is 0. The van der Waals surface area contributed by atoms with Crippen LogP contribution < -0.4 is 5.32 Å². The lowest BCUT2D eigenvalue weighted by Crippen LogP contribution is -2.40. The number of aryl methyl sites for hydroxylation is 1. The highest BCUT2D eigenvalue weighted by atomic mass is 16.3. The third-order valence-electron chi connectivity index (χ3n) is 3.35. The largest absolute Gasteiger partial charge is 0.387 e. The standard InChI is InChI=1S/C15H25NO/c1-5-12(4)16-14(6-2)15(17)13-9-7-11(3)8-10-13/h7-10,12,14-17H,5-6H2,1-4H3. The SMILES string of the molecule is CCC(C)NC(CC)C(O)c1ccc(C)cc1. The molecule has 3 unspecified atom stereocenters. The van der Waals surface area contributed by atoms with Gasteiger partial charge in [0.05, 0.1) is 6.10 Å². The van der Waals surface area contributed by atoms with Gasteiger partial charge in [0.1, 0.15) is 0 Å². The Morgan fingerprint density at radius 2 is 1.71 bits per heavy atom. The van der Waals surface area contributed by atoms with Crippen molar-refractivity contribution in [2.24, 2.45) is 0 Å². The fourth-order valence-electron chi connectivity index (χ4n) is 1.91. The van der Waals surface area contributed by atoms with Gasteiger partial charge in [-0.2, -0.15) is 0 Å². The number of nitrogens with one attached hydrogen (secondary N) is 1. The predicted molar refractivity (Wildman–Crippen MR) is 73.1 cm³/mol. The normalized spacial score (nSPS) is 16.5. The van der Waals surface area contributed by atoms with Crippen LogP contribution in [0, 0.1) is 6.92 Å². The summed E-state index contributed by atoms with van der Waals surface area (Å²) >= 11 is 0. The number of rotatable bonds is 6. The van der Waals surface area contributed by atoms with E-state index in [0.29, 0.717) is 6.04 Å². The molecule has 0 fully saturated rings. The van der Waals surface area contributed by atoms with Gasteiger partial charge in [0, 0.05) is 12.1 Å². The van der Waals surface area contributed by atoms with E-state index in [2.05, 4.69) is 45.1 Å². The molecule has 0 aliphatic rings. The Hall–Kier alpha value is -0.860. The molecule has 0 saturated heterocycles. The second-order valence-corrected chi connectivity index (χ2v) is 4.85. The van der Waals surface area contributed by atoms with Crippen LogP contribution in [0.25, 0.3) is 0 Å². The number of hydrogen-bond acceptors (Lipinski definition) is 2. The Balaban J connectivity index is 2.71. The average molecular weight is 235 g/mol. The van der Waals surface area contributed by atoms with Gasteiger partial charge in [-0.05, 0) is 32.3 Å². The molecule has 1 rings (SSSR count).